The molecule has 2 bridgehead atoms. The summed E-state index contributed by atoms with van der Waals surface area (Å²) in [6, 6.07) is 7.54. The number of hydrogen-bond donors (Lipinski definition) is 1. The SMILES string of the molecule is CN1CC[C@]23CCCC[C@@H]2[C@H]1Cc1ccc(CCC(=O)O)cc13. The average molecular weight is 313 g/mol. The molecule has 4 rings (SSSR count). The van der Waals surface area contributed by atoms with Crippen molar-refractivity contribution in [1.82, 2.24) is 4.90 Å². The lowest BCUT2D eigenvalue weighted by Gasteiger charge is -2.58. The van der Waals surface area contributed by atoms with E-state index in [1.165, 1.54) is 56.2 Å². The molecule has 3 aliphatic rings. The maximum Gasteiger partial charge on any atom is 0.303 e. The molecule has 1 aromatic carbocycles. The Kier molecular flexibility index (Phi) is 3.72. The fraction of sp³-hybridized carbons (Fsp3) is 0.650. The summed E-state index contributed by atoms with van der Waals surface area (Å²) in [7, 11) is 2.30. The van der Waals surface area contributed by atoms with Gasteiger partial charge in [-0.2, -0.15) is 0 Å². The van der Waals surface area contributed by atoms with Crippen molar-refractivity contribution in [3.05, 3.63) is 34.9 Å². The van der Waals surface area contributed by atoms with E-state index in [0.717, 1.165) is 5.92 Å². The summed E-state index contributed by atoms with van der Waals surface area (Å²) in [5.74, 6) is 0.105. The Labute approximate surface area is 138 Å². The van der Waals surface area contributed by atoms with Crippen LogP contribution in [0, 0.1) is 5.92 Å². The van der Waals surface area contributed by atoms with Gasteiger partial charge in [0.1, 0.15) is 0 Å². The molecule has 23 heavy (non-hydrogen) atoms. The lowest BCUT2D eigenvalue weighted by Crippen LogP contribution is -2.59. The van der Waals surface area contributed by atoms with Crippen LogP contribution in [-0.4, -0.2) is 35.6 Å². The molecule has 2 aliphatic carbocycles. The number of piperidine rings is 1. The zero-order valence-electron chi connectivity index (χ0n) is 14.1. The summed E-state index contributed by atoms with van der Waals surface area (Å²) < 4.78 is 0. The third kappa shape index (κ3) is 2.40. The van der Waals surface area contributed by atoms with Crippen LogP contribution in [0.25, 0.3) is 0 Å². The molecular formula is C20H27NO2. The minimum absolute atomic E-state index is 0.237. The number of likely N-dealkylation sites (N-methyl/N-ethyl adjacent to an activating group) is 1. The first kappa shape index (κ1) is 15.2. The zero-order chi connectivity index (χ0) is 16.0. The van der Waals surface area contributed by atoms with Crippen LogP contribution in [0.1, 0.15) is 55.2 Å². The molecular weight excluding hydrogens is 286 g/mol. The second kappa shape index (κ2) is 5.62. The summed E-state index contributed by atoms with van der Waals surface area (Å²) in [6.45, 7) is 1.21. The van der Waals surface area contributed by atoms with Gasteiger partial charge in [-0.05, 0) is 68.3 Å². The van der Waals surface area contributed by atoms with Crippen LogP contribution < -0.4 is 0 Å². The van der Waals surface area contributed by atoms with Crippen LogP contribution in [-0.2, 0) is 23.1 Å². The minimum atomic E-state index is -0.698. The topological polar surface area (TPSA) is 40.5 Å². The van der Waals surface area contributed by atoms with E-state index in [1.807, 2.05) is 0 Å². The van der Waals surface area contributed by atoms with E-state index in [1.54, 1.807) is 5.56 Å². The predicted molar refractivity (Wildman–Crippen MR) is 90.8 cm³/mol. The zero-order valence-corrected chi connectivity index (χ0v) is 14.1. The van der Waals surface area contributed by atoms with Crippen LogP contribution in [0.5, 0.6) is 0 Å². The highest BCUT2D eigenvalue weighted by atomic mass is 16.4. The van der Waals surface area contributed by atoms with E-state index < -0.39 is 5.97 Å². The molecule has 1 heterocycles. The number of carbonyl (C=O) groups is 1. The number of benzene rings is 1. The number of hydrogen-bond acceptors (Lipinski definition) is 2. The van der Waals surface area contributed by atoms with Crippen molar-refractivity contribution in [3.63, 3.8) is 0 Å². The Morgan fingerprint density at radius 3 is 3.04 bits per heavy atom. The fourth-order valence-electron chi connectivity index (χ4n) is 5.65. The third-order valence-electron chi connectivity index (χ3n) is 6.81. The second-order valence-corrected chi connectivity index (χ2v) is 7.90. The number of fused-ring (bicyclic) bond motifs is 1. The van der Waals surface area contributed by atoms with E-state index in [-0.39, 0.29) is 6.42 Å². The van der Waals surface area contributed by atoms with Gasteiger partial charge in [-0.3, -0.25) is 4.79 Å². The van der Waals surface area contributed by atoms with Crippen molar-refractivity contribution in [2.75, 3.05) is 13.6 Å². The molecule has 2 fully saturated rings. The first-order chi connectivity index (χ1) is 11.1. The van der Waals surface area contributed by atoms with Crippen molar-refractivity contribution in [2.45, 2.75) is 62.8 Å². The van der Waals surface area contributed by atoms with Crippen LogP contribution >= 0.6 is 0 Å². The molecule has 3 atom stereocenters. The number of rotatable bonds is 3. The number of nitrogens with zero attached hydrogens (tertiary/aromatic N) is 1. The predicted octanol–water partition coefficient (Wildman–Crippen LogP) is 3.39. The summed E-state index contributed by atoms with van der Waals surface area (Å²) in [5.41, 5.74) is 4.69. The van der Waals surface area contributed by atoms with Crippen LogP contribution in [0.4, 0.5) is 0 Å². The molecule has 1 saturated carbocycles. The molecule has 1 aliphatic heterocycles. The molecule has 0 aromatic heterocycles. The van der Waals surface area contributed by atoms with E-state index in [4.69, 9.17) is 5.11 Å². The van der Waals surface area contributed by atoms with Crippen molar-refractivity contribution in [2.24, 2.45) is 5.92 Å². The number of likely N-dealkylation sites (tertiary alicyclic amines) is 1. The summed E-state index contributed by atoms with van der Waals surface area (Å²) in [6.07, 6.45) is 8.78. The molecule has 0 amide bonds. The standard InChI is InChI=1S/C20H27NO2/c1-21-11-10-20-9-3-2-4-16(20)18(21)13-15-7-5-14(12-17(15)20)6-8-19(22)23/h5,7,12,16,18H,2-4,6,8-11,13H2,1H3,(H,22,23)/t16-,18-,20-/m1/s1. The summed E-state index contributed by atoms with van der Waals surface area (Å²) >= 11 is 0. The van der Waals surface area contributed by atoms with Gasteiger partial charge in [0, 0.05) is 17.9 Å². The maximum absolute atomic E-state index is 10.9. The third-order valence-corrected chi connectivity index (χ3v) is 6.81. The van der Waals surface area contributed by atoms with Gasteiger partial charge in [0.05, 0.1) is 0 Å². The minimum Gasteiger partial charge on any atom is -0.481 e. The molecule has 0 spiro atoms. The van der Waals surface area contributed by atoms with E-state index >= 15 is 0 Å². The van der Waals surface area contributed by atoms with Crippen molar-refractivity contribution < 1.29 is 9.90 Å². The largest absolute Gasteiger partial charge is 0.481 e. The maximum atomic E-state index is 10.9. The lowest BCUT2D eigenvalue weighted by atomic mass is 9.52. The van der Waals surface area contributed by atoms with Crippen molar-refractivity contribution >= 4 is 5.97 Å². The lowest BCUT2D eigenvalue weighted by molar-refractivity contribution is -0.136. The van der Waals surface area contributed by atoms with E-state index in [2.05, 4.69) is 30.1 Å². The van der Waals surface area contributed by atoms with Crippen molar-refractivity contribution in [3.8, 4) is 0 Å². The number of carboxylic acids is 1. The molecule has 1 saturated heterocycles. The van der Waals surface area contributed by atoms with Gasteiger partial charge in [0.25, 0.3) is 0 Å². The smallest absolute Gasteiger partial charge is 0.303 e. The van der Waals surface area contributed by atoms with Gasteiger partial charge in [0.2, 0.25) is 0 Å². The van der Waals surface area contributed by atoms with Gasteiger partial charge in [-0.15, -0.1) is 0 Å². The van der Waals surface area contributed by atoms with Crippen molar-refractivity contribution in [1.29, 1.82) is 0 Å². The quantitative estimate of drug-likeness (QED) is 0.930. The molecule has 0 unspecified atom stereocenters. The van der Waals surface area contributed by atoms with Crippen LogP contribution in [0.15, 0.2) is 18.2 Å². The second-order valence-electron chi connectivity index (χ2n) is 7.90. The number of aliphatic carboxylic acids is 1. The van der Waals surface area contributed by atoms with Gasteiger partial charge in [-0.25, -0.2) is 0 Å². The summed E-state index contributed by atoms with van der Waals surface area (Å²) in [5, 5.41) is 8.96. The number of aryl methyl sites for hydroxylation is 1. The Bertz CT molecular complexity index is 626. The molecule has 1 N–H and O–H groups in total. The highest BCUT2D eigenvalue weighted by Gasteiger charge is 2.52. The van der Waals surface area contributed by atoms with Crippen LogP contribution in [0.3, 0.4) is 0 Å². The van der Waals surface area contributed by atoms with Gasteiger partial charge < -0.3 is 10.0 Å². The van der Waals surface area contributed by atoms with Gasteiger partial charge in [0.15, 0.2) is 0 Å². The van der Waals surface area contributed by atoms with Crippen LogP contribution in [0.2, 0.25) is 0 Å². The Hall–Kier alpha value is -1.35. The monoisotopic (exact) mass is 313 g/mol. The highest BCUT2D eigenvalue weighted by molar-refractivity contribution is 5.67. The Morgan fingerprint density at radius 2 is 2.22 bits per heavy atom. The van der Waals surface area contributed by atoms with E-state index in [9.17, 15) is 4.79 Å². The normalized spacial score (nSPS) is 32.9. The highest BCUT2D eigenvalue weighted by Crippen LogP contribution is 2.55. The first-order valence-electron chi connectivity index (χ1n) is 9.14. The van der Waals surface area contributed by atoms with Gasteiger partial charge >= 0.3 is 5.97 Å². The fourth-order valence-corrected chi connectivity index (χ4v) is 5.65. The summed E-state index contributed by atoms with van der Waals surface area (Å²) in [4.78, 5) is 13.5. The Balaban J connectivity index is 1.74. The molecule has 124 valence electrons. The van der Waals surface area contributed by atoms with Gasteiger partial charge in [-0.1, -0.05) is 31.0 Å². The van der Waals surface area contributed by atoms with E-state index in [0.29, 0.717) is 17.9 Å². The molecule has 3 heteroatoms. The average Bonchev–Trinajstić information content (AvgIpc) is 2.56. The molecule has 1 aromatic rings. The molecule has 0 radical (unpaired) electrons. The molecule has 3 nitrogen and oxygen atoms in total. The Morgan fingerprint density at radius 1 is 1.35 bits per heavy atom. The number of carboxylic acid groups (broad SMARTS) is 1. The first-order valence-corrected chi connectivity index (χ1v) is 9.14.